The summed E-state index contributed by atoms with van der Waals surface area (Å²) in [4.78, 5) is 13.1. The fourth-order valence-electron chi connectivity index (χ4n) is 1.78. The second-order valence-electron chi connectivity index (χ2n) is 4.19. The molecule has 0 aromatic carbocycles. The first-order valence-electron chi connectivity index (χ1n) is 6.09. The minimum atomic E-state index is -0.905. The van der Waals surface area contributed by atoms with E-state index in [0.29, 0.717) is 6.42 Å². The van der Waals surface area contributed by atoms with E-state index < -0.39 is 18.0 Å². The molecule has 17 heavy (non-hydrogen) atoms. The summed E-state index contributed by atoms with van der Waals surface area (Å²) in [5, 5.41) is 19.3. The molecule has 1 aromatic rings. The number of carbonyl (C=O) groups is 1. The summed E-state index contributed by atoms with van der Waals surface area (Å²) < 4.78 is 0. The molecule has 0 radical (unpaired) electrons. The van der Waals surface area contributed by atoms with Gasteiger partial charge in [-0.25, -0.2) is 0 Å². The molecule has 4 heteroatoms. The molecule has 96 valence electrons. The lowest BCUT2D eigenvalue weighted by molar-refractivity contribution is -0.146. The Bertz CT molecular complexity index is 359. The third-order valence-corrected chi connectivity index (χ3v) is 4.19. The molecule has 0 spiro atoms. The van der Waals surface area contributed by atoms with E-state index in [2.05, 4.69) is 0 Å². The molecule has 2 N–H and O–H groups in total. The summed E-state index contributed by atoms with van der Waals surface area (Å²) in [6.07, 6.45) is 2.36. The maximum atomic E-state index is 11.1. The van der Waals surface area contributed by atoms with Gasteiger partial charge in [0.2, 0.25) is 0 Å². The van der Waals surface area contributed by atoms with Crippen LogP contribution in [0.5, 0.6) is 0 Å². The van der Waals surface area contributed by atoms with Crippen LogP contribution in [0.25, 0.3) is 0 Å². The van der Waals surface area contributed by atoms with Crippen molar-refractivity contribution >= 4 is 17.3 Å². The summed E-state index contributed by atoms with van der Waals surface area (Å²) in [6.45, 7) is 4.07. The van der Waals surface area contributed by atoms with Gasteiger partial charge in [-0.3, -0.25) is 4.79 Å². The number of rotatable bonds is 7. The van der Waals surface area contributed by atoms with E-state index in [1.807, 2.05) is 26.0 Å². The van der Waals surface area contributed by atoms with Crippen LogP contribution in [0, 0.1) is 5.92 Å². The van der Waals surface area contributed by atoms with E-state index in [-0.39, 0.29) is 0 Å². The normalized spacial score (nSPS) is 14.5. The van der Waals surface area contributed by atoms with Gasteiger partial charge in [-0.15, -0.1) is 11.3 Å². The van der Waals surface area contributed by atoms with Crippen molar-refractivity contribution in [3.8, 4) is 0 Å². The molecule has 3 nitrogen and oxygen atoms in total. The van der Waals surface area contributed by atoms with Gasteiger partial charge in [0.25, 0.3) is 0 Å². The highest BCUT2D eigenvalue weighted by molar-refractivity contribution is 7.12. The van der Waals surface area contributed by atoms with Crippen molar-refractivity contribution in [1.29, 1.82) is 0 Å². The number of thiophene rings is 1. The lowest BCUT2D eigenvalue weighted by Crippen LogP contribution is -2.21. The van der Waals surface area contributed by atoms with Crippen molar-refractivity contribution in [3.63, 3.8) is 0 Å². The van der Waals surface area contributed by atoms with Crippen LogP contribution >= 0.6 is 11.3 Å². The Morgan fingerprint density at radius 1 is 1.41 bits per heavy atom. The molecule has 2 atom stereocenters. The number of aryl methyl sites for hydroxylation is 1. The second kappa shape index (κ2) is 6.77. The third kappa shape index (κ3) is 3.82. The van der Waals surface area contributed by atoms with E-state index in [1.54, 1.807) is 0 Å². The molecule has 0 aliphatic rings. The van der Waals surface area contributed by atoms with Crippen LogP contribution in [0.4, 0.5) is 0 Å². The van der Waals surface area contributed by atoms with Gasteiger partial charge in [-0.2, -0.15) is 0 Å². The zero-order valence-corrected chi connectivity index (χ0v) is 11.2. The van der Waals surface area contributed by atoms with Gasteiger partial charge in [-0.05, 0) is 25.0 Å². The number of carboxylic acids is 1. The van der Waals surface area contributed by atoms with E-state index in [9.17, 15) is 9.90 Å². The first kappa shape index (κ1) is 14.2. The van der Waals surface area contributed by atoms with Crippen molar-refractivity contribution in [1.82, 2.24) is 0 Å². The monoisotopic (exact) mass is 256 g/mol. The van der Waals surface area contributed by atoms with Crippen LogP contribution in [0.15, 0.2) is 12.1 Å². The molecular formula is C13H20O3S. The second-order valence-corrected chi connectivity index (χ2v) is 5.39. The van der Waals surface area contributed by atoms with Crippen molar-refractivity contribution in [2.75, 3.05) is 0 Å². The quantitative estimate of drug-likeness (QED) is 0.787. The zero-order valence-electron chi connectivity index (χ0n) is 10.3. The molecule has 0 aliphatic heterocycles. The number of carboxylic acid groups (broad SMARTS) is 1. The van der Waals surface area contributed by atoms with Gasteiger partial charge in [0.05, 0.1) is 5.92 Å². The predicted molar refractivity (Wildman–Crippen MR) is 69.3 cm³/mol. The van der Waals surface area contributed by atoms with E-state index in [0.717, 1.165) is 24.1 Å². The number of hydrogen-bond acceptors (Lipinski definition) is 3. The molecule has 2 unspecified atom stereocenters. The molecule has 0 saturated carbocycles. The Kier molecular flexibility index (Phi) is 5.65. The predicted octanol–water partition coefficient (Wildman–Crippen LogP) is 3.23. The van der Waals surface area contributed by atoms with Gasteiger partial charge < -0.3 is 10.2 Å². The third-order valence-electron chi connectivity index (χ3n) is 2.89. The SMILES string of the molecule is CCCCC(C(=O)O)C(O)c1ccc(CC)s1. The highest BCUT2D eigenvalue weighted by Gasteiger charge is 2.28. The van der Waals surface area contributed by atoms with Crippen molar-refractivity contribution in [2.45, 2.75) is 45.6 Å². The number of aliphatic hydroxyl groups is 1. The average molecular weight is 256 g/mol. The average Bonchev–Trinajstić information content (AvgIpc) is 2.77. The topological polar surface area (TPSA) is 57.5 Å². The molecule has 1 aromatic heterocycles. The number of hydrogen-bond donors (Lipinski definition) is 2. The molecule has 1 rings (SSSR count). The molecule has 1 heterocycles. The van der Waals surface area contributed by atoms with Crippen LogP contribution in [0.1, 0.15) is 49.0 Å². The van der Waals surface area contributed by atoms with Crippen LogP contribution in [0.3, 0.4) is 0 Å². The first-order valence-corrected chi connectivity index (χ1v) is 6.91. The molecule has 0 fully saturated rings. The minimum Gasteiger partial charge on any atom is -0.481 e. The fraction of sp³-hybridized carbons (Fsp3) is 0.615. The summed E-state index contributed by atoms with van der Waals surface area (Å²) in [7, 11) is 0. The van der Waals surface area contributed by atoms with Crippen LogP contribution in [0.2, 0.25) is 0 Å². The number of aliphatic hydroxyl groups excluding tert-OH is 1. The molecule has 0 aliphatic carbocycles. The van der Waals surface area contributed by atoms with Gasteiger partial charge >= 0.3 is 5.97 Å². The lowest BCUT2D eigenvalue weighted by Gasteiger charge is -2.17. The maximum absolute atomic E-state index is 11.1. The summed E-state index contributed by atoms with van der Waals surface area (Å²) in [5.41, 5.74) is 0. The Balaban J connectivity index is 2.75. The van der Waals surface area contributed by atoms with Crippen molar-refractivity contribution < 1.29 is 15.0 Å². The number of aliphatic carboxylic acids is 1. The maximum Gasteiger partial charge on any atom is 0.309 e. The fourth-order valence-corrected chi connectivity index (χ4v) is 2.79. The lowest BCUT2D eigenvalue weighted by atomic mass is 9.95. The Morgan fingerprint density at radius 2 is 2.12 bits per heavy atom. The van der Waals surface area contributed by atoms with E-state index in [4.69, 9.17) is 5.11 Å². The van der Waals surface area contributed by atoms with Gasteiger partial charge in [0.1, 0.15) is 6.10 Å². The highest BCUT2D eigenvalue weighted by Crippen LogP contribution is 2.31. The number of unbranched alkanes of at least 4 members (excludes halogenated alkanes) is 1. The Hall–Kier alpha value is -0.870. The van der Waals surface area contributed by atoms with Gasteiger partial charge in [0.15, 0.2) is 0 Å². The Labute approximate surface area is 106 Å². The Morgan fingerprint density at radius 3 is 2.59 bits per heavy atom. The smallest absolute Gasteiger partial charge is 0.309 e. The molecule has 0 amide bonds. The van der Waals surface area contributed by atoms with Crippen LogP contribution in [-0.4, -0.2) is 16.2 Å². The van der Waals surface area contributed by atoms with E-state index >= 15 is 0 Å². The first-order chi connectivity index (χ1) is 8.10. The highest BCUT2D eigenvalue weighted by atomic mass is 32.1. The van der Waals surface area contributed by atoms with Gasteiger partial charge in [0, 0.05) is 9.75 Å². The largest absolute Gasteiger partial charge is 0.481 e. The summed E-state index contributed by atoms with van der Waals surface area (Å²) >= 11 is 1.51. The van der Waals surface area contributed by atoms with Gasteiger partial charge in [-0.1, -0.05) is 26.7 Å². The molecular weight excluding hydrogens is 236 g/mol. The van der Waals surface area contributed by atoms with Crippen molar-refractivity contribution in [2.24, 2.45) is 5.92 Å². The summed E-state index contributed by atoms with van der Waals surface area (Å²) in [6, 6.07) is 3.80. The zero-order chi connectivity index (χ0) is 12.8. The minimum absolute atomic E-state index is 0.534. The standard InChI is InChI=1S/C13H20O3S/c1-3-5-6-10(13(15)16)12(14)11-8-7-9(4-2)17-11/h7-8,10,12,14H,3-6H2,1-2H3,(H,15,16). The summed E-state index contributed by atoms with van der Waals surface area (Å²) in [5.74, 6) is -1.59. The van der Waals surface area contributed by atoms with Crippen LogP contribution in [-0.2, 0) is 11.2 Å². The molecule has 0 saturated heterocycles. The molecule has 0 bridgehead atoms. The van der Waals surface area contributed by atoms with Crippen LogP contribution < -0.4 is 0 Å². The van der Waals surface area contributed by atoms with E-state index in [1.165, 1.54) is 16.2 Å². The van der Waals surface area contributed by atoms with Crippen molar-refractivity contribution in [3.05, 3.63) is 21.9 Å².